The zero-order chi connectivity index (χ0) is 17.5. The maximum Gasteiger partial charge on any atom is 0.404 e. The molecule has 0 heterocycles. The molecule has 0 radical (unpaired) electrons. The minimum atomic E-state index is -0.745. The SMILES string of the molecule is COC(N)=O.COC(N)=O.c1ccc(Cc2ccccc2)cc1. The number of amides is 2. The summed E-state index contributed by atoms with van der Waals surface area (Å²) in [6.45, 7) is 0. The lowest BCUT2D eigenvalue weighted by molar-refractivity contribution is 0.181. The van der Waals surface area contributed by atoms with E-state index in [4.69, 9.17) is 0 Å². The first-order chi connectivity index (χ1) is 11.0. The lowest BCUT2D eigenvalue weighted by Gasteiger charge is -2.00. The first-order valence-electron chi connectivity index (χ1n) is 6.74. The monoisotopic (exact) mass is 318 g/mol. The van der Waals surface area contributed by atoms with Crippen LogP contribution in [0.4, 0.5) is 9.59 Å². The van der Waals surface area contributed by atoms with Gasteiger partial charge in [0.05, 0.1) is 14.2 Å². The molecule has 0 spiro atoms. The predicted molar refractivity (Wildman–Crippen MR) is 88.9 cm³/mol. The molecule has 0 saturated carbocycles. The van der Waals surface area contributed by atoms with Gasteiger partial charge in [-0.05, 0) is 17.5 Å². The molecule has 23 heavy (non-hydrogen) atoms. The van der Waals surface area contributed by atoms with E-state index < -0.39 is 12.2 Å². The summed E-state index contributed by atoms with van der Waals surface area (Å²) in [5.74, 6) is 0. The Kier molecular flexibility index (Phi) is 11.0. The molecule has 0 aromatic heterocycles. The van der Waals surface area contributed by atoms with E-state index in [1.54, 1.807) is 0 Å². The van der Waals surface area contributed by atoms with E-state index in [0.717, 1.165) is 6.42 Å². The zero-order valence-electron chi connectivity index (χ0n) is 13.3. The minimum absolute atomic E-state index is 0.745. The Labute approximate surface area is 136 Å². The van der Waals surface area contributed by atoms with E-state index in [2.05, 4.69) is 81.6 Å². The van der Waals surface area contributed by atoms with Crippen LogP contribution >= 0.6 is 0 Å². The van der Waals surface area contributed by atoms with Crippen molar-refractivity contribution in [3.63, 3.8) is 0 Å². The number of hydrogen-bond donors (Lipinski definition) is 2. The summed E-state index contributed by atoms with van der Waals surface area (Å²) in [6.07, 6.45) is -0.461. The van der Waals surface area contributed by atoms with Gasteiger partial charge in [0.25, 0.3) is 0 Å². The minimum Gasteiger partial charge on any atom is -0.453 e. The number of benzene rings is 2. The Bertz CT molecular complexity index is 508. The van der Waals surface area contributed by atoms with Gasteiger partial charge in [-0.1, -0.05) is 60.7 Å². The summed E-state index contributed by atoms with van der Waals surface area (Å²) in [5.41, 5.74) is 11.6. The topological polar surface area (TPSA) is 105 Å². The Balaban J connectivity index is 0.000000406. The third kappa shape index (κ3) is 12.4. The van der Waals surface area contributed by atoms with Gasteiger partial charge in [0.1, 0.15) is 0 Å². The molecule has 124 valence electrons. The fourth-order valence-corrected chi connectivity index (χ4v) is 1.43. The highest BCUT2D eigenvalue weighted by molar-refractivity contribution is 5.64. The second-order valence-electron chi connectivity index (χ2n) is 4.19. The van der Waals surface area contributed by atoms with Crippen LogP contribution in [-0.2, 0) is 15.9 Å². The highest BCUT2D eigenvalue weighted by Crippen LogP contribution is 2.07. The lowest BCUT2D eigenvalue weighted by atomic mass is 10.1. The lowest BCUT2D eigenvalue weighted by Crippen LogP contribution is -2.08. The molecule has 0 atom stereocenters. The number of nitrogens with two attached hydrogens (primary N) is 2. The number of ether oxygens (including phenoxy) is 2. The van der Waals surface area contributed by atoms with Crippen LogP contribution in [0, 0.1) is 0 Å². The van der Waals surface area contributed by atoms with Gasteiger partial charge in [0, 0.05) is 0 Å². The summed E-state index contributed by atoms with van der Waals surface area (Å²) in [7, 11) is 2.45. The standard InChI is InChI=1S/C13H12.2C2H5NO2/c1-3-7-12(8-4-1)11-13-9-5-2-6-10-13;2*1-5-2(3)4/h1-10H,11H2;2*1H3,(H2,3,4). The smallest absolute Gasteiger partial charge is 0.404 e. The molecule has 0 aliphatic carbocycles. The molecule has 0 aliphatic heterocycles. The molecule has 2 aromatic carbocycles. The van der Waals surface area contributed by atoms with Gasteiger partial charge in [-0.2, -0.15) is 0 Å². The van der Waals surface area contributed by atoms with Crippen molar-refractivity contribution >= 4 is 12.2 Å². The van der Waals surface area contributed by atoms with Gasteiger partial charge in [0.2, 0.25) is 0 Å². The fraction of sp³-hybridized carbons (Fsp3) is 0.176. The highest BCUT2D eigenvalue weighted by Gasteiger charge is 1.92. The summed E-state index contributed by atoms with van der Waals surface area (Å²) < 4.78 is 7.78. The number of carbonyl (C=O) groups is 2. The van der Waals surface area contributed by atoms with E-state index in [1.807, 2.05) is 0 Å². The Hall–Kier alpha value is -3.02. The van der Waals surface area contributed by atoms with Crippen LogP contribution in [0.3, 0.4) is 0 Å². The van der Waals surface area contributed by atoms with Crippen LogP contribution < -0.4 is 11.5 Å². The Morgan fingerprint density at radius 3 is 1.22 bits per heavy atom. The van der Waals surface area contributed by atoms with Gasteiger partial charge >= 0.3 is 12.2 Å². The first kappa shape index (κ1) is 20.0. The first-order valence-corrected chi connectivity index (χ1v) is 6.74. The molecule has 2 amide bonds. The Morgan fingerprint density at radius 2 is 1.00 bits per heavy atom. The average Bonchev–Trinajstić information content (AvgIpc) is 2.58. The molecular weight excluding hydrogens is 296 g/mol. The number of primary amides is 2. The van der Waals surface area contributed by atoms with Crippen molar-refractivity contribution in [2.24, 2.45) is 11.5 Å². The second-order valence-corrected chi connectivity index (χ2v) is 4.19. The maximum absolute atomic E-state index is 9.37. The second kappa shape index (κ2) is 12.7. The van der Waals surface area contributed by atoms with Crippen LogP contribution in [0.1, 0.15) is 11.1 Å². The summed E-state index contributed by atoms with van der Waals surface area (Å²) in [4.78, 5) is 18.7. The van der Waals surface area contributed by atoms with Gasteiger partial charge in [-0.3, -0.25) is 0 Å². The van der Waals surface area contributed by atoms with E-state index in [1.165, 1.54) is 25.3 Å². The van der Waals surface area contributed by atoms with Crippen molar-refractivity contribution in [3.05, 3.63) is 71.8 Å². The van der Waals surface area contributed by atoms with Crippen molar-refractivity contribution < 1.29 is 19.1 Å². The zero-order valence-corrected chi connectivity index (χ0v) is 13.3. The number of hydrogen-bond acceptors (Lipinski definition) is 4. The van der Waals surface area contributed by atoms with Gasteiger partial charge < -0.3 is 20.9 Å². The normalized spacial score (nSPS) is 8.43. The van der Waals surface area contributed by atoms with Crippen molar-refractivity contribution in [3.8, 4) is 0 Å². The third-order valence-electron chi connectivity index (χ3n) is 2.50. The molecule has 0 saturated heterocycles. The van der Waals surface area contributed by atoms with Crippen molar-refractivity contribution in [2.75, 3.05) is 14.2 Å². The van der Waals surface area contributed by atoms with E-state index in [-0.39, 0.29) is 0 Å². The highest BCUT2D eigenvalue weighted by atomic mass is 16.5. The Morgan fingerprint density at radius 1 is 0.739 bits per heavy atom. The van der Waals surface area contributed by atoms with E-state index >= 15 is 0 Å². The third-order valence-corrected chi connectivity index (χ3v) is 2.50. The predicted octanol–water partition coefficient (Wildman–Crippen LogP) is 2.70. The molecule has 0 aliphatic rings. The molecule has 2 aromatic rings. The number of carbonyl (C=O) groups excluding carboxylic acids is 2. The van der Waals surface area contributed by atoms with Gasteiger partial charge in [-0.15, -0.1) is 0 Å². The number of methoxy groups -OCH3 is 2. The van der Waals surface area contributed by atoms with Crippen LogP contribution in [0.15, 0.2) is 60.7 Å². The molecular formula is C17H22N2O4. The van der Waals surface area contributed by atoms with Crippen molar-refractivity contribution in [2.45, 2.75) is 6.42 Å². The van der Waals surface area contributed by atoms with Gasteiger partial charge in [0.15, 0.2) is 0 Å². The van der Waals surface area contributed by atoms with Crippen LogP contribution in [0.25, 0.3) is 0 Å². The molecule has 2 rings (SSSR count). The molecule has 6 nitrogen and oxygen atoms in total. The van der Waals surface area contributed by atoms with Crippen LogP contribution in [0.5, 0.6) is 0 Å². The van der Waals surface area contributed by atoms with Crippen LogP contribution in [-0.4, -0.2) is 26.4 Å². The average molecular weight is 318 g/mol. The quantitative estimate of drug-likeness (QED) is 0.888. The molecule has 6 heteroatoms. The van der Waals surface area contributed by atoms with Crippen molar-refractivity contribution in [1.29, 1.82) is 0 Å². The molecule has 0 fully saturated rings. The summed E-state index contributed by atoms with van der Waals surface area (Å²) in [6, 6.07) is 21.1. The van der Waals surface area contributed by atoms with Gasteiger partial charge in [-0.25, -0.2) is 9.59 Å². The molecule has 4 N–H and O–H groups in total. The largest absolute Gasteiger partial charge is 0.453 e. The molecule has 0 bridgehead atoms. The molecule has 0 unspecified atom stereocenters. The maximum atomic E-state index is 9.37. The summed E-state index contributed by atoms with van der Waals surface area (Å²) >= 11 is 0. The van der Waals surface area contributed by atoms with Crippen LogP contribution in [0.2, 0.25) is 0 Å². The summed E-state index contributed by atoms with van der Waals surface area (Å²) in [5, 5.41) is 0. The van der Waals surface area contributed by atoms with Crippen molar-refractivity contribution in [1.82, 2.24) is 0 Å². The van der Waals surface area contributed by atoms with E-state index in [9.17, 15) is 9.59 Å². The number of rotatable bonds is 2. The van der Waals surface area contributed by atoms with E-state index in [0.29, 0.717) is 0 Å². The fourth-order valence-electron chi connectivity index (χ4n) is 1.43.